The average molecular weight is 229 g/mol. The first-order valence-electron chi connectivity index (χ1n) is 5.69. The highest BCUT2D eigenvalue weighted by Gasteiger charge is 2.41. The quantitative estimate of drug-likeness (QED) is 0.738. The van der Waals surface area contributed by atoms with Crippen molar-refractivity contribution in [3.63, 3.8) is 0 Å². The van der Waals surface area contributed by atoms with Gasteiger partial charge in [-0.05, 0) is 31.0 Å². The van der Waals surface area contributed by atoms with E-state index in [4.69, 9.17) is 4.43 Å². The minimum Gasteiger partial charge on any atom is -0.405 e. The predicted octanol–water partition coefficient (Wildman–Crippen LogP) is 2.29. The van der Waals surface area contributed by atoms with Gasteiger partial charge in [-0.1, -0.05) is 20.8 Å². The fraction of sp³-hybridized carbons (Fsp3) is 0.909. The second-order valence-electron chi connectivity index (χ2n) is 5.80. The zero-order valence-corrected chi connectivity index (χ0v) is 11.5. The Bertz CT molecular complexity index is 245. The van der Waals surface area contributed by atoms with Crippen LogP contribution in [0.2, 0.25) is 18.1 Å². The highest BCUT2D eigenvalue weighted by Crippen LogP contribution is 2.37. The van der Waals surface area contributed by atoms with E-state index in [9.17, 15) is 4.79 Å². The van der Waals surface area contributed by atoms with Gasteiger partial charge in [0.15, 0.2) is 8.32 Å². The topological polar surface area (TPSA) is 38.3 Å². The van der Waals surface area contributed by atoms with Gasteiger partial charge < -0.3 is 9.74 Å². The van der Waals surface area contributed by atoms with Gasteiger partial charge in [-0.3, -0.25) is 4.79 Å². The van der Waals surface area contributed by atoms with Gasteiger partial charge in [-0.25, -0.2) is 0 Å². The first-order chi connectivity index (χ1) is 6.74. The summed E-state index contributed by atoms with van der Waals surface area (Å²) in [5, 5.41) is 3.04. The van der Waals surface area contributed by atoms with Crippen molar-refractivity contribution < 1.29 is 9.22 Å². The van der Waals surface area contributed by atoms with Crippen LogP contribution in [0.15, 0.2) is 0 Å². The zero-order valence-electron chi connectivity index (χ0n) is 10.5. The molecule has 1 fully saturated rings. The molecule has 0 spiro atoms. The van der Waals surface area contributed by atoms with Crippen molar-refractivity contribution in [2.75, 3.05) is 6.54 Å². The molecule has 0 aliphatic carbocycles. The van der Waals surface area contributed by atoms with E-state index in [1.807, 2.05) is 0 Å². The molecule has 0 aromatic rings. The molecule has 0 unspecified atom stereocenters. The number of rotatable bonds is 2. The molecule has 0 aromatic carbocycles. The van der Waals surface area contributed by atoms with Crippen molar-refractivity contribution >= 4 is 14.2 Å². The smallest absolute Gasteiger partial charge is 0.247 e. The summed E-state index contributed by atoms with van der Waals surface area (Å²) in [6.07, 6.45) is 1.70. The van der Waals surface area contributed by atoms with Crippen LogP contribution in [0.5, 0.6) is 0 Å². The van der Waals surface area contributed by atoms with Crippen LogP contribution in [0.1, 0.15) is 33.6 Å². The third-order valence-electron chi connectivity index (χ3n) is 3.48. The van der Waals surface area contributed by atoms with Crippen molar-refractivity contribution in [3.05, 3.63) is 0 Å². The molecule has 1 heterocycles. The van der Waals surface area contributed by atoms with Crippen molar-refractivity contribution in [3.8, 4) is 0 Å². The lowest BCUT2D eigenvalue weighted by molar-refractivity contribution is -0.130. The number of piperidine rings is 1. The van der Waals surface area contributed by atoms with Gasteiger partial charge in [0.05, 0.1) is 0 Å². The van der Waals surface area contributed by atoms with Crippen LogP contribution in [0, 0.1) is 0 Å². The molecule has 1 saturated heterocycles. The van der Waals surface area contributed by atoms with E-state index in [0.29, 0.717) is 0 Å². The zero-order chi connectivity index (χ0) is 11.7. The minimum absolute atomic E-state index is 0.0751. The van der Waals surface area contributed by atoms with E-state index >= 15 is 0 Å². The first kappa shape index (κ1) is 12.7. The van der Waals surface area contributed by atoms with E-state index in [1.165, 1.54) is 0 Å². The van der Waals surface area contributed by atoms with Gasteiger partial charge in [0.2, 0.25) is 5.91 Å². The summed E-state index contributed by atoms with van der Waals surface area (Å²) in [7, 11) is -1.79. The normalized spacial score (nSPS) is 23.8. The molecular weight excluding hydrogens is 206 g/mol. The Kier molecular flexibility index (Phi) is 3.61. The summed E-state index contributed by atoms with van der Waals surface area (Å²) in [4.78, 5) is 11.6. The van der Waals surface area contributed by atoms with Crippen LogP contribution in [-0.2, 0) is 9.22 Å². The second-order valence-corrected chi connectivity index (χ2v) is 10.6. The summed E-state index contributed by atoms with van der Waals surface area (Å²) in [6.45, 7) is 11.8. The SMILES string of the molecule is CC(C)(C)[Si](C)(C)O[C@H]1CCCNC1=O. The Balaban J connectivity index is 2.63. The average Bonchev–Trinajstić information content (AvgIpc) is 2.06. The summed E-state index contributed by atoms with van der Waals surface area (Å²) < 4.78 is 6.08. The third kappa shape index (κ3) is 3.05. The summed E-state index contributed by atoms with van der Waals surface area (Å²) >= 11 is 0. The van der Waals surface area contributed by atoms with Crippen LogP contribution < -0.4 is 5.32 Å². The van der Waals surface area contributed by atoms with Crippen LogP contribution in [0.4, 0.5) is 0 Å². The number of amides is 1. The lowest BCUT2D eigenvalue weighted by atomic mass is 10.1. The monoisotopic (exact) mass is 229 g/mol. The molecular formula is C11H23NO2Si. The lowest BCUT2D eigenvalue weighted by Gasteiger charge is -2.39. The summed E-state index contributed by atoms with van der Waals surface area (Å²) in [5.74, 6) is 0.0751. The van der Waals surface area contributed by atoms with Gasteiger partial charge in [-0.15, -0.1) is 0 Å². The molecule has 1 N–H and O–H groups in total. The molecule has 1 aliphatic heterocycles. The Hall–Kier alpha value is -0.353. The summed E-state index contributed by atoms with van der Waals surface area (Å²) in [5.41, 5.74) is 0. The number of carbonyl (C=O) groups excluding carboxylic acids is 1. The molecule has 1 aliphatic rings. The molecule has 1 amide bonds. The van der Waals surface area contributed by atoms with Crippen LogP contribution >= 0.6 is 0 Å². The fourth-order valence-corrected chi connectivity index (χ4v) is 2.68. The standard InChI is InChI=1S/C11H23NO2Si/c1-11(2,3)15(4,5)14-9-7-6-8-12-10(9)13/h9H,6-8H2,1-5H3,(H,12,13)/t9-/m0/s1. The summed E-state index contributed by atoms with van der Waals surface area (Å²) in [6, 6.07) is 0. The third-order valence-corrected chi connectivity index (χ3v) is 7.96. The van der Waals surface area contributed by atoms with Crippen LogP contribution in [-0.4, -0.2) is 26.9 Å². The Labute approximate surface area is 93.7 Å². The molecule has 88 valence electrons. The van der Waals surface area contributed by atoms with Gasteiger partial charge in [0, 0.05) is 6.54 Å². The van der Waals surface area contributed by atoms with Gasteiger partial charge in [-0.2, -0.15) is 0 Å². The van der Waals surface area contributed by atoms with E-state index in [-0.39, 0.29) is 17.0 Å². The fourth-order valence-electron chi connectivity index (χ4n) is 1.39. The van der Waals surface area contributed by atoms with E-state index in [0.717, 1.165) is 19.4 Å². The molecule has 4 heteroatoms. The minimum atomic E-state index is -1.79. The van der Waals surface area contributed by atoms with Crippen molar-refractivity contribution in [2.45, 2.75) is 57.8 Å². The molecule has 0 bridgehead atoms. The first-order valence-corrected chi connectivity index (χ1v) is 8.60. The lowest BCUT2D eigenvalue weighted by Crippen LogP contribution is -2.50. The van der Waals surface area contributed by atoms with Gasteiger partial charge in [0.1, 0.15) is 6.10 Å². The van der Waals surface area contributed by atoms with E-state index in [1.54, 1.807) is 0 Å². The van der Waals surface area contributed by atoms with Crippen molar-refractivity contribution in [1.29, 1.82) is 0 Å². The number of hydrogen-bond acceptors (Lipinski definition) is 2. The van der Waals surface area contributed by atoms with Gasteiger partial charge >= 0.3 is 0 Å². The highest BCUT2D eigenvalue weighted by molar-refractivity contribution is 6.74. The maximum Gasteiger partial charge on any atom is 0.247 e. The molecule has 1 atom stereocenters. The molecule has 0 aromatic heterocycles. The Morgan fingerprint density at radius 3 is 2.47 bits per heavy atom. The molecule has 0 radical (unpaired) electrons. The van der Waals surface area contributed by atoms with Gasteiger partial charge in [0.25, 0.3) is 0 Å². The Morgan fingerprint density at radius 2 is 2.00 bits per heavy atom. The highest BCUT2D eigenvalue weighted by atomic mass is 28.4. The molecule has 3 nitrogen and oxygen atoms in total. The molecule has 15 heavy (non-hydrogen) atoms. The van der Waals surface area contributed by atoms with Crippen molar-refractivity contribution in [2.24, 2.45) is 0 Å². The maximum absolute atomic E-state index is 11.6. The number of hydrogen-bond donors (Lipinski definition) is 1. The van der Waals surface area contributed by atoms with Crippen molar-refractivity contribution in [1.82, 2.24) is 5.32 Å². The van der Waals surface area contributed by atoms with E-state index in [2.05, 4.69) is 39.2 Å². The van der Waals surface area contributed by atoms with Crippen LogP contribution in [0.3, 0.4) is 0 Å². The largest absolute Gasteiger partial charge is 0.405 e. The maximum atomic E-state index is 11.6. The number of carbonyl (C=O) groups is 1. The second kappa shape index (κ2) is 4.26. The molecule has 1 rings (SSSR count). The predicted molar refractivity (Wildman–Crippen MR) is 64.3 cm³/mol. The van der Waals surface area contributed by atoms with E-state index < -0.39 is 8.32 Å². The molecule has 0 saturated carbocycles. The van der Waals surface area contributed by atoms with Crippen LogP contribution in [0.25, 0.3) is 0 Å². The Morgan fingerprint density at radius 1 is 1.40 bits per heavy atom. The number of nitrogens with one attached hydrogen (secondary N) is 1.